The summed E-state index contributed by atoms with van der Waals surface area (Å²) in [4.78, 5) is 91.3. The quantitative estimate of drug-likeness (QED) is 0.0970. The molecule has 3 aliphatic rings. The first-order valence-electron chi connectivity index (χ1n) is 21.6. The molecule has 0 radical (unpaired) electrons. The van der Waals surface area contributed by atoms with Crippen molar-refractivity contribution >= 4 is 52.2 Å². The molecule has 2 saturated heterocycles. The Hall–Kier alpha value is -5.96. The fraction of sp³-hybridized carbons (Fsp3) is 0.558. The van der Waals surface area contributed by atoms with Crippen LogP contribution in [0.4, 0.5) is 19.0 Å². The number of ether oxygens (including phenoxy) is 2. The molecule has 2 aliphatic heterocycles. The van der Waals surface area contributed by atoms with Gasteiger partial charge in [-0.15, -0.1) is 0 Å². The van der Waals surface area contributed by atoms with E-state index in [0.29, 0.717) is 44.2 Å². The van der Waals surface area contributed by atoms with E-state index in [1.807, 2.05) is 6.07 Å². The Morgan fingerprint density at radius 2 is 1.61 bits per heavy atom. The van der Waals surface area contributed by atoms with Crippen LogP contribution in [0.2, 0.25) is 0 Å². The van der Waals surface area contributed by atoms with Crippen molar-refractivity contribution in [3.05, 3.63) is 60.2 Å². The molecule has 64 heavy (non-hydrogen) atoms. The van der Waals surface area contributed by atoms with Crippen molar-refractivity contribution in [2.45, 2.75) is 75.7 Å². The van der Waals surface area contributed by atoms with Crippen LogP contribution in [-0.2, 0) is 44.4 Å². The van der Waals surface area contributed by atoms with Crippen LogP contribution in [0.1, 0.15) is 68.5 Å². The number of hydrogen-bond acceptors (Lipinski definition) is 12. The molecule has 3 fully saturated rings. The van der Waals surface area contributed by atoms with E-state index in [1.54, 1.807) is 35.3 Å². The maximum atomic E-state index is 13.3. The van der Waals surface area contributed by atoms with Gasteiger partial charge in [-0.3, -0.25) is 33.8 Å². The molecule has 3 atom stereocenters. The van der Waals surface area contributed by atoms with E-state index in [4.69, 9.17) is 9.47 Å². The number of fused-ring (bicyclic) bond motifs is 1. The topological polar surface area (TPSA) is 226 Å². The van der Waals surface area contributed by atoms with Crippen LogP contribution in [-0.4, -0.2) is 138 Å². The predicted molar refractivity (Wildman–Crippen MR) is 225 cm³/mol. The third-order valence-electron chi connectivity index (χ3n) is 11.7. The van der Waals surface area contributed by atoms with E-state index in [2.05, 4.69) is 41.5 Å². The minimum atomic E-state index is -4.54. The Kier molecular flexibility index (Phi) is 16.8. The van der Waals surface area contributed by atoms with Gasteiger partial charge in [-0.05, 0) is 61.9 Å². The molecular weight excluding hydrogens is 842 g/mol. The fourth-order valence-corrected chi connectivity index (χ4v) is 8.25. The van der Waals surface area contributed by atoms with Crippen LogP contribution in [0.25, 0.3) is 10.9 Å². The van der Waals surface area contributed by atoms with Gasteiger partial charge in [0.05, 0.1) is 49.5 Å². The number of likely N-dealkylation sites (tertiary alicyclic amines) is 2. The van der Waals surface area contributed by atoms with Gasteiger partial charge in [-0.1, -0.05) is 6.07 Å². The van der Waals surface area contributed by atoms with Crippen LogP contribution >= 0.6 is 0 Å². The monoisotopic (exact) mass is 896 g/mol. The molecule has 5 N–H and O–H groups in total. The van der Waals surface area contributed by atoms with Gasteiger partial charge in [0.1, 0.15) is 18.2 Å². The molecule has 4 heterocycles. The van der Waals surface area contributed by atoms with Crippen LogP contribution in [0, 0.1) is 11.8 Å². The first-order valence-corrected chi connectivity index (χ1v) is 21.6. The number of carbonyl (C=O) groups excluding carboxylic acids is 6. The third-order valence-corrected chi connectivity index (χ3v) is 11.7. The molecule has 0 unspecified atom stereocenters. The lowest BCUT2D eigenvalue weighted by Crippen LogP contribution is -2.43. The predicted octanol–water partition coefficient (Wildman–Crippen LogP) is 2.11. The van der Waals surface area contributed by atoms with E-state index in [-0.39, 0.29) is 130 Å². The first-order chi connectivity index (χ1) is 30.8. The highest BCUT2D eigenvalue weighted by Gasteiger charge is 2.43. The summed E-state index contributed by atoms with van der Waals surface area (Å²) in [6.07, 6.45) is 3.23. The SMILES string of the molecule is CN1C(=O)C[C@H](C(=O)NCCC(=O)NCCOCCOCCC(=O)NC2CCC(C(=O)NCCN3CC[C@H](Nc4ncnc5ccc(C(F)(F)F)cc45)C3=O)CC2)[C@H]1c1cccnc1. The third kappa shape index (κ3) is 13.1. The van der Waals surface area contributed by atoms with Gasteiger partial charge in [0.2, 0.25) is 35.4 Å². The highest BCUT2D eigenvalue weighted by Crippen LogP contribution is 2.37. The highest BCUT2D eigenvalue weighted by atomic mass is 19.4. The molecule has 346 valence electrons. The summed E-state index contributed by atoms with van der Waals surface area (Å²) >= 11 is 0. The number of aromatic nitrogens is 3. The summed E-state index contributed by atoms with van der Waals surface area (Å²) in [6, 6.07) is 5.64. The van der Waals surface area contributed by atoms with Gasteiger partial charge in [-0.2, -0.15) is 13.2 Å². The number of alkyl halides is 3. The van der Waals surface area contributed by atoms with Crippen LogP contribution < -0.4 is 26.6 Å². The van der Waals surface area contributed by atoms with Crippen LogP contribution in [0.5, 0.6) is 0 Å². The van der Waals surface area contributed by atoms with Gasteiger partial charge in [0, 0.05) is 88.8 Å². The lowest BCUT2D eigenvalue weighted by atomic mass is 9.85. The van der Waals surface area contributed by atoms with Crippen LogP contribution in [0.15, 0.2) is 49.1 Å². The molecule has 6 rings (SSSR count). The lowest BCUT2D eigenvalue weighted by molar-refractivity contribution is -0.137. The summed E-state index contributed by atoms with van der Waals surface area (Å²) in [5.41, 5.74) is 0.260. The molecule has 1 aliphatic carbocycles. The number of anilines is 1. The van der Waals surface area contributed by atoms with Crippen molar-refractivity contribution < 1.29 is 51.4 Å². The fourth-order valence-electron chi connectivity index (χ4n) is 8.25. The number of carbonyl (C=O) groups is 6. The van der Waals surface area contributed by atoms with Gasteiger partial charge < -0.3 is 45.9 Å². The Labute approximate surface area is 368 Å². The van der Waals surface area contributed by atoms with Crippen LogP contribution in [0.3, 0.4) is 0 Å². The second-order valence-electron chi connectivity index (χ2n) is 16.1. The molecule has 3 aromatic rings. The molecule has 21 heteroatoms. The average molecular weight is 897 g/mol. The van der Waals surface area contributed by atoms with Gasteiger partial charge >= 0.3 is 6.18 Å². The van der Waals surface area contributed by atoms with E-state index in [9.17, 15) is 41.9 Å². The van der Waals surface area contributed by atoms with E-state index < -0.39 is 29.7 Å². The Balaban J connectivity index is 0.753. The molecule has 6 amide bonds. The summed E-state index contributed by atoms with van der Waals surface area (Å²) in [5, 5.41) is 14.6. The number of rotatable bonds is 21. The normalized spacial score (nSPS) is 21.2. The Morgan fingerprint density at radius 3 is 2.36 bits per heavy atom. The summed E-state index contributed by atoms with van der Waals surface area (Å²) in [6.45, 7) is 2.37. The highest BCUT2D eigenvalue weighted by molar-refractivity contribution is 5.93. The van der Waals surface area contributed by atoms with Gasteiger partial charge in [0.25, 0.3) is 0 Å². The molecule has 18 nitrogen and oxygen atoms in total. The molecule has 1 aromatic carbocycles. The zero-order chi connectivity index (χ0) is 45.6. The Morgan fingerprint density at radius 1 is 0.844 bits per heavy atom. The van der Waals surface area contributed by atoms with Gasteiger partial charge in [0.15, 0.2) is 0 Å². The molecule has 0 spiro atoms. The standard InChI is InChI=1S/C43H55F3N10O8/c1-55-37(59)24-32(38(55)28-3-2-13-47-25-28)41(61)49-14-10-35(57)48-16-20-64-22-21-63-19-12-36(58)53-30-7-4-27(5-8-30)40(60)50-15-18-56-17-11-34(42(56)62)54-39-31-23-29(43(44,45)46)6-9-33(31)51-26-52-39/h2-3,6,9,13,23,25-27,30,32,34,38H,4-5,7-8,10-12,14-22,24H2,1H3,(H,48,57)(H,49,61)(H,50,60)(H,53,58)(H,51,52,54)/t27?,30?,32-,34-,38+/m0/s1. The minimum absolute atomic E-state index is 0.0465. The number of pyridine rings is 1. The largest absolute Gasteiger partial charge is 0.416 e. The number of amides is 6. The van der Waals surface area contributed by atoms with Crippen molar-refractivity contribution in [1.82, 2.24) is 46.0 Å². The molecular formula is C43H55F3N10O8. The second kappa shape index (κ2) is 22.6. The maximum absolute atomic E-state index is 13.3. The molecule has 0 bridgehead atoms. The summed E-state index contributed by atoms with van der Waals surface area (Å²) < 4.78 is 51.0. The number of halogens is 3. The number of nitrogens with one attached hydrogen (secondary N) is 5. The zero-order valence-electron chi connectivity index (χ0n) is 35.7. The maximum Gasteiger partial charge on any atom is 0.416 e. The average Bonchev–Trinajstić information content (AvgIpc) is 3.78. The number of hydrogen-bond donors (Lipinski definition) is 5. The van der Waals surface area contributed by atoms with Crippen molar-refractivity contribution in [2.24, 2.45) is 11.8 Å². The summed E-state index contributed by atoms with van der Waals surface area (Å²) in [5.74, 6) is -1.79. The number of nitrogens with zero attached hydrogens (tertiary/aromatic N) is 5. The van der Waals surface area contributed by atoms with E-state index >= 15 is 0 Å². The molecule has 2 aromatic heterocycles. The van der Waals surface area contributed by atoms with E-state index in [0.717, 1.165) is 17.7 Å². The van der Waals surface area contributed by atoms with Crippen molar-refractivity contribution in [2.75, 3.05) is 71.5 Å². The first kappa shape index (κ1) is 47.5. The van der Waals surface area contributed by atoms with Crippen molar-refractivity contribution in [1.29, 1.82) is 0 Å². The lowest BCUT2D eigenvalue weighted by Gasteiger charge is -2.28. The second-order valence-corrected chi connectivity index (χ2v) is 16.1. The molecule has 1 saturated carbocycles. The van der Waals surface area contributed by atoms with Crippen molar-refractivity contribution in [3.8, 4) is 0 Å². The smallest absolute Gasteiger partial charge is 0.379 e. The van der Waals surface area contributed by atoms with E-state index in [1.165, 1.54) is 12.4 Å². The zero-order valence-corrected chi connectivity index (χ0v) is 35.7. The Bertz CT molecular complexity index is 2110. The van der Waals surface area contributed by atoms with Crippen molar-refractivity contribution in [3.63, 3.8) is 0 Å². The minimum Gasteiger partial charge on any atom is -0.379 e. The van der Waals surface area contributed by atoms with Gasteiger partial charge in [-0.25, -0.2) is 9.97 Å². The summed E-state index contributed by atoms with van der Waals surface area (Å²) in [7, 11) is 1.66. The number of benzene rings is 1.